The molecule has 0 spiro atoms. The molecule has 0 radical (unpaired) electrons. The van der Waals surface area contributed by atoms with Crippen molar-refractivity contribution in [2.45, 2.75) is 131 Å². The molecule has 2 aromatic carbocycles. The lowest BCUT2D eigenvalue weighted by atomic mass is 9.98. The minimum Gasteiger partial charge on any atom is -0.462 e. The van der Waals surface area contributed by atoms with Crippen molar-refractivity contribution in [2.75, 3.05) is 20.1 Å². The summed E-state index contributed by atoms with van der Waals surface area (Å²) in [6.07, 6.45) is 16.7. The fraction of sp³-hybridized carbons (Fsp3) is 0.639. The molecule has 1 aliphatic rings. The van der Waals surface area contributed by atoms with Gasteiger partial charge in [0.1, 0.15) is 6.10 Å². The number of esters is 1. The third-order valence-corrected chi connectivity index (χ3v) is 6.86. The van der Waals surface area contributed by atoms with Gasteiger partial charge in [0, 0.05) is 13.1 Å². The zero-order chi connectivity index (χ0) is 29.1. The maximum Gasteiger partial charge on any atom is 0.310 e. The van der Waals surface area contributed by atoms with Gasteiger partial charge in [-0.25, -0.2) is 0 Å². The van der Waals surface area contributed by atoms with Crippen molar-refractivity contribution < 1.29 is 9.53 Å². The Kier molecular flexibility index (Phi) is 24.7. The summed E-state index contributed by atoms with van der Waals surface area (Å²) in [5.41, 5.74) is 3.26. The van der Waals surface area contributed by atoms with Crippen LogP contribution in [0.1, 0.15) is 124 Å². The van der Waals surface area contributed by atoms with Gasteiger partial charge in [-0.3, -0.25) is 4.79 Å². The summed E-state index contributed by atoms with van der Waals surface area (Å²) in [6.45, 7) is 14.6. The predicted octanol–water partition coefficient (Wildman–Crippen LogP) is 10.5. The Morgan fingerprint density at radius 3 is 1.69 bits per heavy atom. The minimum atomic E-state index is -0.122. The molecule has 0 aromatic heterocycles. The molecule has 1 saturated heterocycles. The molecule has 0 saturated carbocycles. The summed E-state index contributed by atoms with van der Waals surface area (Å²) in [4.78, 5) is 14.6. The standard InChI is InChI=1S/C20H23NO2.C12H26.2C2H6/c1-21-13-11-18(12-14-21)23-20(22)15-17-9-5-6-10-19(17)16-7-3-2-4-8-16;1-3-5-7-9-11-12-10-8-6-4-2;2*1-2/h2-10,18H,11-15H2,1H3;3-12H2,1-2H3;2*1-2H3. The predicted molar refractivity (Wildman–Crippen MR) is 172 cm³/mol. The zero-order valence-electron chi connectivity index (χ0n) is 26.6. The number of rotatable bonds is 13. The largest absolute Gasteiger partial charge is 0.462 e. The van der Waals surface area contributed by atoms with Gasteiger partial charge in [0.05, 0.1) is 6.42 Å². The van der Waals surface area contributed by atoms with Crippen molar-refractivity contribution in [3.63, 3.8) is 0 Å². The summed E-state index contributed by atoms with van der Waals surface area (Å²) in [5.74, 6) is -0.122. The van der Waals surface area contributed by atoms with Crippen LogP contribution in [0.3, 0.4) is 0 Å². The fourth-order valence-corrected chi connectivity index (χ4v) is 4.62. The Balaban J connectivity index is 0.000000769. The lowest BCUT2D eigenvalue weighted by Crippen LogP contribution is -2.35. The molecule has 222 valence electrons. The van der Waals surface area contributed by atoms with Gasteiger partial charge in [-0.05, 0) is 36.6 Å². The molecule has 0 amide bonds. The molecule has 0 bridgehead atoms. The van der Waals surface area contributed by atoms with Crippen molar-refractivity contribution in [1.29, 1.82) is 0 Å². The van der Waals surface area contributed by atoms with Crippen LogP contribution in [0.2, 0.25) is 0 Å². The number of carbonyl (C=O) groups is 1. The molecule has 1 fully saturated rings. The number of unbranched alkanes of at least 4 members (excludes halogenated alkanes) is 9. The van der Waals surface area contributed by atoms with Gasteiger partial charge in [0.15, 0.2) is 0 Å². The van der Waals surface area contributed by atoms with E-state index in [2.05, 4.69) is 44.0 Å². The summed E-state index contributed by atoms with van der Waals surface area (Å²) in [6, 6.07) is 18.2. The van der Waals surface area contributed by atoms with Gasteiger partial charge in [-0.15, -0.1) is 0 Å². The monoisotopic (exact) mass is 539 g/mol. The summed E-state index contributed by atoms with van der Waals surface area (Å²) in [5, 5.41) is 0. The first-order chi connectivity index (χ1) is 19.1. The molecule has 0 N–H and O–H groups in total. The molecule has 1 heterocycles. The van der Waals surface area contributed by atoms with Gasteiger partial charge in [-0.2, -0.15) is 0 Å². The van der Waals surface area contributed by atoms with Crippen LogP contribution in [0.15, 0.2) is 54.6 Å². The highest BCUT2D eigenvalue weighted by Gasteiger charge is 2.21. The first-order valence-corrected chi connectivity index (χ1v) is 16.1. The first-order valence-electron chi connectivity index (χ1n) is 16.1. The number of likely N-dealkylation sites (tertiary alicyclic amines) is 1. The Bertz CT molecular complexity index is 787. The number of nitrogens with zero attached hydrogens (tertiary/aromatic N) is 1. The number of piperidine rings is 1. The molecule has 1 aliphatic heterocycles. The van der Waals surface area contributed by atoms with E-state index in [0.717, 1.165) is 42.6 Å². The average Bonchev–Trinajstić information content (AvgIpc) is 2.99. The highest BCUT2D eigenvalue weighted by Crippen LogP contribution is 2.24. The number of carbonyl (C=O) groups excluding carboxylic acids is 1. The molecular weight excluding hydrogens is 478 g/mol. The Morgan fingerprint density at radius 1 is 0.718 bits per heavy atom. The van der Waals surface area contributed by atoms with Crippen molar-refractivity contribution in [1.82, 2.24) is 4.90 Å². The van der Waals surface area contributed by atoms with E-state index in [1.54, 1.807) is 0 Å². The molecule has 3 rings (SSSR count). The topological polar surface area (TPSA) is 29.5 Å². The van der Waals surface area contributed by atoms with Gasteiger partial charge >= 0.3 is 5.97 Å². The SMILES string of the molecule is CC.CC.CCCCCCCCCCCC.CN1CCC(OC(=O)Cc2ccccc2-c2ccccc2)CC1. The number of ether oxygens (including phenoxy) is 1. The lowest BCUT2D eigenvalue weighted by Gasteiger charge is -2.28. The summed E-state index contributed by atoms with van der Waals surface area (Å²) in [7, 11) is 2.11. The molecule has 0 aliphatic carbocycles. The van der Waals surface area contributed by atoms with Gasteiger partial charge in [0.2, 0.25) is 0 Å². The van der Waals surface area contributed by atoms with Crippen LogP contribution in [-0.2, 0) is 16.0 Å². The van der Waals surface area contributed by atoms with Crippen LogP contribution < -0.4 is 0 Å². The van der Waals surface area contributed by atoms with Gasteiger partial charge < -0.3 is 9.64 Å². The van der Waals surface area contributed by atoms with Gasteiger partial charge in [0.25, 0.3) is 0 Å². The molecule has 39 heavy (non-hydrogen) atoms. The van der Waals surface area contributed by atoms with Crippen molar-refractivity contribution in [2.24, 2.45) is 0 Å². The highest BCUT2D eigenvalue weighted by atomic mass is 16.5. The quantitative estimate of drug-likeness (QED) is 0.187. The molecular formula is C36H61NO2. The number of hydrogen-bond acceptors (Lipinski definition) is 3. The maximum absolute atomic E-state index is 12.3. The Labute approximate surface area is 242 Å². The third-order valence-electron chi connectivity index (χ3n) is 6.86. The number of benzene rings is 2. The summed E-state index contributed by atoms with van der Waals surface area (Å²) < 4.78 is 5.67. The molecule has 2 aromatic rings. The van der Waals surface area contributed by atoms with Crippen molar-refractivity contribution in [3.8, 4) is 11.1 Å². The number of hydrogen-bond donors (Lipinski definition) is 0. The maximum atomic E-state index is 12.3. The fourth-order valence-electron chi connectivity index (χ4n) is 4.62. The van der Waals surface area contributed by atoms with Crippen LogP contribution in [0, 0.1) is 0 Å². The van der Waals surface area contributed by atoms with Crippen LogP contribution >= 0.6 is 0 Å². The van der Waals surface area contributed by atoms with E-state index in [1.165, 1.54) is 64.2 Å². The van der Waals surface area contributed by atoms with E-state index in [4.69, 9.17) is 4.74 Å². The van der Waals surface area contributed by atoms with Crippen molar-refractivity contribution in [3.05, 3.63) is 60.2 Å². The zero-order valence-corrected chi connectivity index (χ0v) is 26.6. The third kappa shape index (κ3) is 18.0. The van der Waals surface area contributed by atoms with E-state index >= 15 is 0 Å². The van der Waals surface area contributed by atoms with Crippen LogP contribution in [0.4, 0.5) is 0 Å². The van der Waals surface area contributed by atoms with Crippen LogP contribution in [-0.4, -0.2) is 37.1 Å². The van der Waals surface area contributed by atoms with E-state index in [0.29, 0.717) is 6.42 Å². The second-order valence-corrected chi connectivity index (χ2v) is 10.0. The molecule has 3 heteroatoms. The Hall–Kier alpha value is -2.13. The van der Waals surface area contributed by atoms with E-state index in [9.17, 15) is 4.79 Å². The second kappa shape index (κ2) is 26.1. The second-order valence-electron chi connectivity index (χ2n) is 10.0. The van der Waals surface area contributed by atoms with E-state index in [-0.39, 0.29) is 12.1 Å². The van der Waals surface area contributed by atoms with Gasteiger partial charge in [-0.1, -0.05) is 160 Å². The van der Waals surface area contributed by atoms with Crippen LogP contribution in [0.25, 0.3) is 11.1 Å². The van der Waals surface area contributed by atoms with E-state index in [1.807, 2.05) is 64.1 Å². The average molecular weight is 540 g/mol. The smallest absolute Gasteiger partial charge is 0.310 e. The first kappa shape index (κ1) is 36.9. The molecule has 0 unspecified atom stereocenters. The lowest BCUT2D eigenvalue weighted by molar-refractivity contribution is -0.150. The summed E-state index contributed by atoms with van der Waals surface area (Å²) >= 11 is 0. The highest BCUT2D eigenvalue weighted by molar-refractivity contribution is 5.78. The minimum absolute atomic E-state index is 0.0718. The molecule has 0 atom stereocenters. The normalized spacial score (nSPS) is 13.1. The van der Waals surface area contributed by atoms with Crippen LogP contribution in [0.5, 0.6) is 0 Å². The van der Waals surface area contributed by atoms with E-state index < -0.39 is 0 Å². The Morgan fingerprint density at radius 2 is 1.18 bits per heavy atom. The van der Waals surface area contributed by atoms with Crippen molar-refractivity contribution >= 4 is 5.97 Å². The molecule has 3 nitrogen and oxygen atoms in total.